The third kappa shape index (κ3) is 3.57. The molecule has 1 aromatic heterocycles. The summed E-state index contributed by atoms with van der Waals surface area (Å²) in [6.07, 6.45) is 4.77. The predicted molar refractivity (Wildman–Crippen MR) is 73.1 cm³/mol. The molecule has 7 nitrogen and oxygen atoms in total. The normalized spacial score (nSPS) is 21.2. The van der Waals surface area contributed by atoms with Crippen molar-refractivity contribution in [1.82, 2.24) is 14.0 Å². The van der Waals surface area contributed by atoms with Gasteiger partial charge >= 0.3 is 0 Å². The second kappa shape index (κ2) is 6.66. The molecule has 2 heterocycles. The number of aliphatic hydroxyl groups excluding tert-OH is 1. The molecule has 1 aromatic rings. The van der Waals surface area contributed by atoms with Crippen molar-refractivity contribution >= 4 is 10.2 Å². The summed E-state index contributed by atoms with van der Waals surface area (Å²) in [5, 5.41) is 9.28. The van der Waals surface area contributed by atoms with Crippen molar-refractivity contribution in [3.63, 3.8) is 0 Å². The zero-order chi connectivity index (χ0) is 14.6. The monoisotopic (exact) mass is 303 g/mol. The summed E-state index contributed by atoms with van der Waals surface area (Å²) in [7, 11) is -3.62. The molecular formula is C12H21N3O4S. The molecule has 2 N–H and O–H groups in total. The highest BCUT2D eigenvalue weighted by Gasteiger charge is 2.31. The molecule has 0 aliphatic carbocycles. The molecule has 1 saturated heterocycles. The summed E-state index contributed by atoms with van der Waals surface area (Å²) in [6, 6.07) is -0.336. The van der Waals surface area contributed by atoms with Gasteiger partial charge in [-0.15, -0.1) is 0 Å². The van der Waals surface area contributed by atoms with E-state index in [0.29, 0.717) is 18.9 Å². The number of piperidine rings is 1. The number of aliphatic hydroxyl groups is 1. The molecule has 1 fully saturated rings. The van der Waals surface area contributed by atoms with Gasteiger partial charge in [-0.05, 0) is 12.8 Å². The highest BCUT2D eigenvalue weighted by molar-refractivity contribution is 7.87. The van der Waals surface area contributed by atoms with Crippen molar-refractivity contribution in [3.8, 4) is 0 Å². The number of hydrogen-bond acceptors (Lipinski definition) is 5. The molecule has 2 rings (SSSR count). The van der Waals surface area contributed by atoms with Crippen LogP contribution in [0.25, 0.3) is 0 Å². The van der Waals surface area contributed by atoms with Gasteiger partial charge in [0.1, 0.15) is 5.76 Å². The van der Waals surface area contributed by atoms with Crippen LogP contribution in [0, 0.1) is 0 Å². The maximum atomic E-state index is 12.2. The molecule has 0 saturated carbocycles. The van der Waals surface area contributed by atoms with Gasteiger partial charge in [0.15, 0.2) is 0 Å². The SMILES string of the molecule is CCc1cnc(CNS(=O)(=O)N2CCCCC2CO)o1. The molecule has 0 bridgehead atoms. The number of nitrogens with zero attached hydrogens (tertiary/aromatic N) is 2. The van der Waals surface area contributed by atoms with Crippen LogP contribution < -0.4 is 4.72 Å². The van der Waals surface area contributed by atoms with Gasteiger partial charge in [-0.3, -0.25) is 0 Å². The van der Waals surface area contributed by atoms with E-state index in [1.807, 2.05) is 6.92 Å². The molecule has 0 radical (unpaired) electrons. The fourth-order valence-corrected chi connectivity index (χ4v) is 3.71. The Hall–Kier alpha value is -0.960. The quantitative estimate of drug-likeness (QED) is 0.794. The maximum Gasteiger partial charge on any atom is 0.280 e. The van der Waals surface area contributed by atoms with E-state index in [1.54, 1.807) is 6.20 Å². The Balaban J connectivity index is 1.99. The van der Waals surface area contributed by atoms with Crippen LogP contribution in [-0.2, 0) is 23.2 Å². The highest BCUT2D eigenvalue weighted by atomic mass is 32.2. The van der Waals surface area contributed by atoms with Gasteiger partial charge in [-0.25, -0.2) is 4.98 Å². The van der Waals surface area contributed by atoms with E-state index >= 15 is 0 Å². The lowest BCUT2D eigenvalue weighted by Crippen LogP contribution is -2.50. The summed E-state index contributed by atoms with van der Waals surface area (Å²) in [5.74, 6) is 1.08. The molecule has 1 unspecified atom stereocenters. The van der Waals surface area contributed by atoms with Crippen LogP contribution in [0.5, 0.6) is 0 Å². The Morgan fingerprint density at radius 3 is 3.00 bits per heavy atom. The first-order valence-corrected chi connectivity index (χ1v) is 8.31. The van der Waals surface area contributed by atoms with Crippen molar-refractivity contribution in [2.45, 2.75) is 45.2 Å². The van der Waals surface area contributed by atoms with E-state index in [1.165, 1.54) is 4.31 Å². The van der Waals surface area contributed by atoms with Crippen molar-refractivity contribution in [2.24, 2.45) is 0 Å². The average Bonchev–Trinajstić information content (AvgIpc) is 2.93. The number of aromatic nitrogens is 1. The molecular weight excluding hydrogens is 282 g/mol. The summed E-state index contributed by atoms with van der Waals surface area (Å²) in [4.78, 5) is 4.01. The number of aryl methyl sites for hydroxylation is 1. The maximum absolute atomic E-state index is 12.2. The van der Waals surface area contributed by atoms with Gasteiger partial charge in [-0.2, -0.15) is 17.4 Å². The van der Waals surface area contributed by atoms with Gasteiger partial charge in [0.2, 0.25) is 5.89 Å². The molecule has 1 aliphatic rings. The fourth-order valence-electron chi connectivity index (χ4n) is 2.30. The second-order valence-corrected chi connectivity index (χ2v) is 6.55. The number of oxazole rings is 1. The zero-order valence-corrected chi connectivity index (χ0v) is 12.4. The Morgan fingerprint density at radius 2 is 2.35 bits per heavy atom. The first-order valence-electron chi connectivity index (χ1n) is 6.87. The van der Waals surface area contributed by atoms with Gasteiger partial charge in [0, 0.05) is 19.0 Å². The minimum Gasteiger partial charge on any atom is -0.444 e. The van der Waals surface area contributed by atoms with E-state index < -0.39 is 10.2 Å². The van der Waals surface area contributed by atoms with Crippen LogP contribution in [0.3, 0.4) is 0 Å². The van der Waals surface area contributed by atoms with Crippen LogP contribution >= 0.6 is 0 Å². The van der Waals surface area contributed by atoms with Crippen molar-refractivity contribution in [2.75, 3.05) is 13.2 Å². The van der Waals surface area contributed by atoms with Gasteiger partial charge in [0.05, 0.1) is 19.3 Å². The van der Waals surface area contributed by atoms with E-state index in [2.05, 4.69) is 9.71 Å². The average molecular weight is 303 g/mol. The molecule has 0 amide bonds. The van der Waals surface area contributed by atoms with Crippen LogP contribution in [-0.4, -0.2) is 42.0 Å². The lowest BCUT2D eigenvalue weighted by molar-refractivity contribution is 0.153. The Morgan fingerprint density at radius 1 is 1.55 bits per heavy atom. The molecule has 0 aromatic carbocycles. The van der Waals surface area contributed by atoms with Crippen molar-refractivity contribution in [3.05, 3.63) is 17.8 Å². The lowest BCUT2D eigenvalue weighted by Gasteiger charge is -2.33. The molecule has 8 heteroatoms. The second-order valence-electron chi connectivity index (χ2n) is 4.84. The fraction of sp³-hybridized carbons (Fsp3) is 0.750. The first-order chi connectivity index (χ1) is 9.56. The van der Waals surface area contributed by atoms with E-state index in [0.717, 1.165) is 25.0 Å². The van der Waals surface area contributed by atoms with Crippen LogP contribution in [0.15, 0.2) is 10.6 Å². The van der Waals surface area contributed by atoms with Crippen molar-refractivity contribution < 1.29 is 17.9 Å². The lowest BCUT2D eigenvalue weighted by atomic mass is 10.1. The summed E-state index contributed by atoms with van der Waals surface area (Å²) in [5.41, 5.74) is 0. The Labute approximate surface area is 119 Å². The van der Waals surface area contributed by atoms with Crippen LogP contribution in [0.2, 0.25) is 0 Å². The van der Waals surface area contributed by atoms with Gasteiger partial charge in [0.25, 0.3) is 10.2 Å². The van der Waals surface area contributed by atoms with E-state index in [9.17, 15) is 13.5 Å². The molecule has 0 spiro atoms. The third-order valence-corrected chi connectivity index (χ3v) is 5.06. The Kier molecular flexibility index (Phi) is 5.14. The third-order valence-electron chi connectivity index (χ3n) is 3.45. The van der Waals surface area contributed by atoms with Crippen LogP contribution in [0.4, 0.5) is 0 Å². The standard InChI is InChI=1S/C12H21N3O4S/c1-2-11-7-13-12(19-11)8-14-20(17,18)15-6-4-3-5-10(15)9-16/h7,10,14,16H,2-6,8-9H2,1H3. The van der Waals surface area contributed by atoms with E-state index in [-0.39, 0.29) is 19.2 Å². The highest BCUT2D eigenvalue weighted by Crippen LogP contribution is 2.19. The van der Waals surface area contributed by atoms with Gasteiger partial charge < -0.3 is 9.52 Å². The molecule has 114 valence electrons. The molecule has 1 aliphatic heterocycles. The van der Waals surface area contributed by atoms with Gasteiger partial charge in [-0.1, -0.05) is 13.3 Å². The van der Waals surface area contributed by atoms with Crippen LogP contribution in [0.1, 0.15) is 37.8 Å². The summed E-state index contributed by atoms with van der Waals surface area (Å²) >= 11 is 0. The van der Waals surface area contributed by atoms with E-state index in [4.69, 9.17) is 4.42 Å². The largest absolute Gasteiger partial charge is 0.444 e. The van der Waals surface area contributed by atoms with Crippen molar-refractivity contribution in [1.29, 1.82) is 0 Å². The topological polar surface area (TPSA) is 95.7 Å². The summed E-state index contributed by atoms with van der Waals surface area (Å²) in [6.45, 7) is 2.25. The number of rotatable bonds is 6. The number of hydrogen-bond donors (Lipinski definition) is 2. The first kappa shape index (κ1) is 15.4. The predicted octanol–water partition coefficient (Wildman–Crippen LogP) is 0.418. The minimum atomic E-state index is -3.62. The zero-order valence-electron chi connectivity index (χ0n) is 11.6. The molecule has 1 atom stereocenters. The smallest absolute Gasteiger partial charge is 0.280 e. The molecule has 20 heavy (non-hydrogen) atoms. The summed E-state index contributed by atoms with van der Waals surface area (Å²) < 4.78 is 33.7. The minimum absolute atomic E-state index is 0.0248. The Bertz CT molecular complexity index is 529. The number of nitrogens with one attached hydrogen (secondary N) is 1.